The van der Waals surface area contributed by atoms with E-state index >= 15 is 0 Å². The van der Waals surface area contributed by atoms with Crippen LogP contribution in [0.15, 0.2) is 40.9 Å². The van der Waals surface area contributed by atoms with E-state index in [1.54, 1.807) is 19.3 Å². The topological polar surface area (TPSA) is 63.6 Å². The number of benzene rings is 1. The fourth-order valence-electron chi connectivity index (χ4n) is 1.67. The molecule has 1 N–H and O–H groups in total. The smallest absolute Gasteiger partial charge is 0.345 e. The molecule has 21 heavy (non-hydrogen) atoms. The predicted octanol–water partition coefficient (Wildman–Crippen LogP) is 4.11. The Hall–Kier alpha value is -1.92. The molecule has 1 heterocycles. The van der Waals surface area contributed by atoms with E-state index in [1.165, 1.54) is 18.2 Å². The number of carbonyl (C=O) groups is 2. The third-order valence-electron chi connectivity index (χ3n) is 2.67. The lowest BCUT2D eigenvalue weighted by Gasteiger charge is -2.04. The first-order valence-electron chi connectivity index (χ1n) is 5.90. The van der Waals surface area contributed by atoms with Gasteiger partial charge in [-0.3, -0.25) is 4.79 Å². The van der Waals surface area contributed by atoms with Crippen LogP contribution in [-0.4, -0.2) is 24.0 Å². The Morgan fingerprint density at radius 2 is 1.95 bits per heavy atom. The van der Waals surface area contributed by atoms with Gasteiger partial charge in [-0.15, -0.1) is 11.3 Å². The third kappa shape index (κ3) is 3.80. The zero-order chi connectivity index (χ0) is 15.4. The maximum Gasteiger partial charge on any atom is 0.345 e. The fraction of sp³-hybridized carbons (Fsp3) is 0.0667. The molecule has 2 rings (SSSR count). The lowest BCUT2D eigenvalue weighted by atomic mass is 10.1. The van der Waals surface area contributed by atoms with Gasteiger partial charge < -0.3 is 9.84 Å². The summed E-state index contributed by atoms with van der Waals surface area (Å²) < 4.78 is 6.09. The molecule has 1 aromatic carbocycles. The third-order valence-corrected chi connectivity index (χ3v) is 4.25. The SMILES string of the molecule is COc1ccc(Br)cc1/C=C/C(=O)c1ccc(C(=O)O)s1. The summed E-state index contributed by atoms with van der Waals surface area (Å²) in [5, 5.41) is 8.85. The van der Waals surface area contributed by atoms with E-state index in [0.29, 0.717) is 10.6 Å². The molecule has 0 bridgehead atoms. The van der Waals surface area contributed by atoms with Crippen LogP contribution in [0.25, 0.3) is 6.08 Å². The van der Waals surface area contributed by atoms with Crippen molar-refractivity contribution in [3.8, 4) is 5.75 Å². The Kier molecular flexibility index (Phi) is 4.93. The van der Waals surface area contributed by atoms with E-state index < -0.39 is 5.97 Å². The zero-order valence-corrected chi connectivity index (χ0v) is 13.4. The van der Waals surface area contributed by atoms with Crippen LogP contribution in [0, 0.1) is 0 Å². The summed E-state index contributed by atoms with van der Waals surface area (Å²) >= 11 is 4.32. The first-order valence-corrected chi connectivity index (χ1v) is 7.51. The molecule has 0 radical (unpaired) electrons. The lowest BCUT2D eigenvalue weighted by Crippen LogP contribution is -1.92. The molecule has 0 unspecified atom stereocenters. The fourth-order valence-corrected chi connectivity index (χ4v) is 2.81. The number of ketones is 1. The highest BCUT2D eigenvalue weighted by Crippen LogP contribution is 2.25. The van der Waals surface area contributed by atoms with E-state index in [1.807, 2.05) is 12.1 Å². The second kappa shape index (κ2) is 6.69. The van der Waals surface area contributed by atoms with Crippen LogP contribution in [0.3, 0.4) is 0 Å². The van der Waals surface area contributed by atoms with Gasteiger partial charge in [0.15, 0.2) is 5.78 Å². The van der Waals surface area contributed by atoms with Crippen molar-refractivity contribution in [2.24, 2.45) is 0 Å². The van der Waals surface area contributed by atoms with E-state index in [9.17, 15) is 9.59 Å². The van der Waals surface area contributed by atoms with Crippen molar-refractivity contribution in [3.63, 3.8) is 0 Å². The summed E-state index contributed by atoms with van der Waals surface area (Å²) in [4.78, 5) is 23.3. The van der Waals surface area contributed by atoms with Crippen LogP contribution < -0.4 is 4.74 Å². The van der Waals surface area contributed by atoms with Gasteiger partial charge in [0.25, 0.3) is 0 Å². The second-order valence-corrected chi connectivity index (χ2v) is 6.05. The Bertz CT molecular complexity index is 718. The largest absolute Gasteiger partial charge is 0.496 e. The van der Waals surface area contributed by atoms with Gasteiger partial charge in [-0.2, -0.15) is 0 Å². The van der Waals surface area contributed by atoms with Crippen LogP contribution in [0.5, 0.6) is 5.75 Å². The zero-order valence-electron chi connectivity index (χ0n) is 11.0. The number of methoxy groups -OCH3 is 1. The monoisotopic (exact) mass is 366 g/mol. The first kappa shape index (κ1) is 15.5. The highest BCUT2D eigenvalue weighted by Gasteiger charge is 2.11. The van der Waals surface area contributed by atoms with Gasteiger partial charge in [0.2, 0.25) is 0 Å². The number of rotatable bonds is 5. The number of thiophene rings is 1. The van der Waals surface area contributed by atoms with Gasteiger partial charge in [-0.1, -0.05) is 15.9 Å². The van der Waals surface area contributed by atoms with Crippen molar-refractivity contribution in [1.29, 1.82) is 0 Å². The van der Waals surface area contributed by atoms with Gasteiger partial charge in [0.05, 0.1) is 12.0 Å². The van der Waals surface area contributed by atoms with E-state index in [-0.39, 0.29) is 10.7 Å². The summed E-state index contributed by atoms with van der Waals surface area (Å²) in [6.45, 7) is 0. The Morgan fingerprint density at radius 3 is 2.57 bits per heavy atom. The van der Waals surface area contributed by atoms with Gasteiger partial charge in [-0.25, -0.2) is 4.79 Å². The number of halogens is 1. The van der Waals surface area contributed by atoms with Crippen LogP contribution in [-0.2, 0) is 0 Å². The van der Waals surface area contributed by atoms with Crippen molar-refractivity contribution in [3.05, 3.63) is 56.2 Å². The molecule has 0 fully saturated rings. The van der Waals surface area contributed by atoms with Crippen molar-refractivity contribution in [2.75, 3.05) is 7.11 Å². The lowest BCUT2D eigenvalue weighted by molar-refractivity contribution is 0.0702. The van der Waals surface area contributed by atoms with Crippen molar-refractivity contribution in [1.82, 2.24) is 0 Å². The molecule has 0 saturated heterocycles. The molecule has 0 saturated carbocycles. The quantitative estimate of drug-likeness (QED) is 0.638. The summed E-state index contributed by atoms with van der Waals surface area (Å²) in [6, 6.07) is 8.41. The van der Waals surface area contributed by atoms with E-state index in [0.717, 1.165) is 21.4 Å². The Balaban J connectivity index is 2.22. The van der Waals surface area contributed by atoms with E-state index in [4.69, 9.17) is 9.84 Å². The molecule has 0 aliphatic rings. The van der Waals surface area contributed by atoms with Crippen LogP contribution >= 0.6 is 27.3 Å². The molecule has 4 nitrogen and oxygen atoms in total. The minimum absolute atomic E-state index is 0.145. The molecule has 6 heteroatoms. The van der Waals surface area contributed by atoms with Crippen molar-refractivity contribution >= 4 is 45.1 Å². The number of aromatic carboxylic acids is 1. The van der Waals surface area contributed by atoms with E-state index in [2.05, 4.69) is 15.9 Å². The number of hydrogen-bond acceptors (Lipinski definition) is 4. The minimum atomic E-state index is -1.03. The number of ether oxygens (including phenoxy) is 1. The van der Waals surface area contributed by atoms with Gasteiger partial charge in [0.1, 0.15) is 10.6 Å². The maximum absolute atomic E-state index is 12.0. The highest BCUT2D eigenvalue weighted by atomic mass is 79.9. The summed E-state index contributed by atoms with van der Waals surface area (Å²) in [5.74, 6) is -0.620. The molecular formula is C15H11BrO4S. The Morgan fingerprint density at radius 1 is 1.24 bits per heavy atom. The first-order chi connectivity index (χ1) is 10.0. The van der Waals surface area contributed by atoms with Crippen LogP contribution in [0.2, 0.25) is 0 Å². The molecule has 0 aliphatic carbocycles. The number of allylic oxidation sites excluding steroid dienone is 1. The standard InChI is InChI=1S/C15H11BrO4S/c1-20-12-5-3-10(16)8-9(12)2-4-11(17)13-6-7-14(21-13)15(18)19/h2-8H,1H3,(H,18,19)/b4-2+. The summed E-state index contributed by atoms with van der Waals surface area (Å²) in [5.41, 5.74) is 0.759. The number of hydrogen-bond donors (Lipinski definition) is 1. The molecule has 0 atom stereocenters. The van der Waals surface area contributed by atoms with Crippen molar-refractivity contribution < 1.29 is 19.4 Å². The average molecular weight is 367 g/mol. The van der Waals surface area contributed by atoms with Gasteiger partial charge >= 0.3 is 5.97 Å². The Labute approximate surface area is 133 Å². The second-order valence-electron chi connectivity index (χ2n) is 4.05. The average Bonchev–Trinajstić information content (AvgIpc) is 2.95. The maximum atomic E-state index is 12.0. The summed E-state index contributed by atoms with van der Waals surface area (Å²) in [7, 11) is 1.56. The minimum Gasteiger partial charge on any atom is -0.496 e. The molecule has 1 aromatic heterocycles. The molecule has 0 spiro atoms. The molecular weight excluding hydrogens is 356 g/mol. The van der Waals surface area contributed by atoms with Crippen LogP contribution in [0.1, 0.15) is 24.9 Å². The normalized spacial score (nSPS) is 10.8. The predicted molar refractivity (Wildman–Crippen MR) is 85.3 cm³/mol. The molecule has 0 aliphatic heterocycles. The molecule has 108 valence electrons. The number of carboxylic acids is 1. The van der Waals surface area contributed by atoms with Gasteiger partial charge in [0, 0.05) is 10.0 Å². The summed E-state index contributed by atoms with van der Waals surface area (Å²) in [6.07, 6.45) is 3.05. The molecule has 0 amide bonds. The number of carboxylic acid groups (broad SMARTS) is 1. The van der Waals surface area contributed by atoms with Crippen molar-refractivity contribution in [2.45, 2.75) is 0 Å². The number of carbonyl (C=O) groups excluding carboxylic acids is 1. The highest BCUT2D eigenvalue weighted by molar-refractivity contribution is 9.10. The van der Waals surface area contributed by atoms with Gasteiger partial charge in [-0.05, 0) is 42.5 Å². The van der Waals surface area contributed by atoms with Crippen LogP contribution in [0.4, 0.5) is 0 Å². The molecule has 2 aromatic rings.